The van der Waals surface area contributed by atoms with Crippen molar-refractivity contribution >= 4 is 17.5 Å². The van der Waals surface area contributed by atoms with E-state index in [0.717, 1.165) is 0 Å². The van der Waals surface area contributed by atoms with Crippen molar-refractivity contribution in [2.45, 2.75) is 19.4 Å². The lowest BCUT2D eigenvalue weighted by Gasteiger charge is -1.97. The molecule has 0 radical (unpaired) electrons. The largest absolute Gasteiger partial charge is 0.447 e. The van der Waals surface area contributed by atoms with Gasteiger partial charge in [0.2, 0.25) is 0 Å². The van der Waals surface area contributed by atoms with Crippen LogP contribution >= 0.6 is 12.2 Å². The first kappa shape index (κ1) is 5.75. The summed E-state index contributed by atoms with van der Waals surface area (Å²) in [6, 6.07) is 0. The van der Waals surface area contributed by atoms with Gasteiger partial charge in [-0.15, -0.1) is 0 Å². The van der Waals surface area contributed by atoms with Crippen molar-refractivity contribution < 1.29 is 13.9 Å². The lowest BCUT2D eigenvalue weighted by molar-refractivity contribution is 0.0461. The zero-order valence-corrected chi connectivity index (χ0v) is 5.07. The molecule has 0 aromatic heterocycles. The molecule has 46 valence electrons. The molecule has 0 bridgehead atoms. The van der Waals surface area contributed by atoms with Crippen LogP contribution in [0.5, 0.6) is 0 Å². The molecule has 2 atom stereocenters. The van der Waals surface area contributed by atoms with Crippen LogP contribution in [0.1, 0.15) is 6.92 Å². The predicted octanol–water partition coefficient (Wildman–Crippen LogP) is 1.00. The van der Waals surface area contributed by atoms with Gasteiger partial charge in [-0.1, -0.05) is 0 Å². The lowest BCUT2D eigenvalue weighted by Crippen LogP contribution is -2.11. The Morgan fingerprint density at radius 2 is 2.25 bits per heavy atom. The molecule has 0 aromatic carbocycles. The summed E-state index contributed by atoms with van der Waals surface area (Å²) in [5.41, 5.74) is 0. The fourth-order valence-electron chi connectivity index (χ4n) is 0.421. The highest BCUT2D eigenvalue weighted by Crippen LogP contribution is 2.14. The third-order valence-corrected chi connectivity index (χ3v) is 1.05. The van der Waals surface area contributed by atoms with E-state index in [2.05, 4.69) is 21.7 Å². The number of rotatable bonds is 0. The molecule has 0 N–H and O–H groups in total. The van der Waals surface area contributed by atoms with Gasteiger partial charge in [0.05, 0.1) is 0 Å². The number of halogens is 1. The molecule has 1 saturated heterocycles. The Kier molecular flexibility index (Phi) is 1.33. The zero-order chi connectivity index (χ0) is 6.15. The van der Waals surface area contributed by atoms with Gasteiger partial charge in [-0.3, -0.25) is 0 Å². The Bertz CT molecular complexity index is 105. The van der Waals surface area contributed by atoms with Gasteiger partial charge in [-0.2, -0.15) is 4.39 Å². The van der Waals surface area contributed by atoms with Crippen LogP contribution in [-0.4, -0.2) is 17.7 Å². The second-order valence-electron chi connectivity index (χ2n) is 1.54. The highest BCUT2D eigenvalue weighted by atomic mass is 32.1. The van der Waals surface area contributed by atoms with Crippen LogP contribution in [0.15, 0.2) is 0 Å². The molecule has 1 fully saturated rings. The second-order valence-corrected chi connectivity index (χ2v) is 1.88. The molecule has 0 aliphatic carbocycles. The fraction of sp³-hybridized carbons (Fsp3) is 0.750. The summed E-state index contributed by atoms with van der Waals surface area (Å²) in [7, 11) is 0. The Balaban J connectivity index is 2.51. The van der Waals surface area contributed by atoms with Gasteiger partial charge in [0.15, 0.2) is 6.10 Å². The summed E-state index contributed by atoms with van der Waals surface area (Å²) in [5.74, 6) is 0. The number of hydrogen-bond acceptors (Lipinski definition) is 3. The minimum atomic E-state index is -1.37. The molecular weight excluding hydrogens is 131 g/mol. The highest BCUT2D eigenvalue weighted by Gasteiger charge is 2.29. The second kappa shape index (κ2) is 1.85. The minimum absolute atomic E-state index is 0.0926. The molecule has 0 spiro atoms. The molecule has 2 unspecified atom stereocenters. The van der Waals surface area contributed by atoms with Crippen LogP contribution < -0.4 is 0 Å². The van der Waals surface area contributed by atoms with E-state index in [1.165, 1.54) is 0 Å². The Morgan fingerprint density at radius 1 is 1.62 bits per heavy atom. The van der Waals surface area contributed by atoms with Crippen molar-refractivity contribution in [1.82, 2.24) is 0 Å². The van der Waals surface area contributed by atoms with Crippen LogP contribution in [0.2, 0.25) is 0 Å². The van der Waals surface area contributed by atoms with Gasteiger partial charge in [0.1, 0.15) is 0 Å². The van der Waals surface area contributed by atoms with Gasteiger partial charge in [0, 0.05) is 12.2 Å². The Labute approximate surface area is 51.6 Å². The SMILES string of the molecule is CC1OC(=S)OC1F. The van der Waals surface area contributed by atoms with Gasteiger partial charge >= 0.3 is 5.24 Å². The maximum absolute atomic E-state index is 12.1. The molecule has 4 heteroatoms. The Morgan fingerprint density at radius 3 is 2.38 bits per heavy atom. The smallest absolute Gasteiger partial charge is 0.355 e. The van der Waals surface area contributed by atoms with Crippen molar-refractivity contribution in [2.24, 2.45) is 0 Å². The van der Waals surface area contributed by atoms with E-state index < -0.39 is 12.5 Å². The Hall–Kier alpha value is -0.380. The van der Waals surface area contributed by atoms with Crippen LogP contribution in [0, 0.1) is 0 Å². The summed E-state index contributed by atoms with van der Waals surface area (Å²) < 4.78 is 21.1. The topological polar surface area (TPSA) is 18.5 Å². The predicted molar refractivity (Wildman–Crippen MR) is 29.1 cm³/mol. The molecule has 1 heterocycles. The van der Waals surface area contributed by atoms with Crippen LogP contribution in [0.3, 0.4) is 0 Å². The van der Waals surface area contributed by atoms with Crippen molar-refractivity contribution in [3.8, 4) is 0 Å². The number of thiocarbonyl (C=S) groups is 1. The first-order valence-corrected chi connectivity index (χ1v) is 2.62. The van der Waals surface area contributed by atoms with Crippen molar-refractivity contribution in [2.75, 3.05) is 0 Å². The monoisotopic (exact) mass is 136 g/mol. The number of alkyl halides is 1. The molecule has 0 saturated carbocycles. The van der Waals surface area contributed by atoms with Gasteiger partial charge < -0.3 is 9.47 Å². The van der Waals surface area contributed by atoms with E-state index >= 15 is 0 Å². The van der Waals surface area contributed by atoms with Crippen molar-refractivity contribution in [3.63, 3.8) is 0 Å². The molecule has 1 aliphatic rings. The highest BCUT2D eigenvalue weighted by molar-refractivity contribution is 7.79. The van der Waals surface area contributed by atoms with E-state index in [9.17, 15) is 4.39 Å². The average molecular weight is 136 g/mol. The molecule has 0 aromatic rings. The van der Waals surface area contributed by atoms with Crippen LogP contribution in [-0.2, 0) is 9.47 Å². The minimum Gasteiger partial charge on any atom is -0.447 e. The fourth-order valence-corrected chi connectivity index (χ4v) is 0.665. The van der Waals surface area contributed by atoms with Gasteiger partial charge in [0.25, 0.3) is 6.36 Å². The van der Waals surface area contributed by atoms with E-state index in [-0.39, 0.29) is 5.24 Å². The van der Waals surface area contributed by atoms with E-state index in [0.29, 0.717) is 0 Å². The molecule has 1 aliphatic heterocycles. The quantitative estimate of drug-likeness (QED) is 0.463. The molecule has 0 amide bonds. The van der Waals surface area contributed by atoms with Crippen molar-refractivity contribution in [1.29, 1.82) is 0 Å². The normalized spacial score (nSPS) is 36.5. The lowest BCUT2D eigenvalue weighted by atomic mass is 10.4. The van der Waals surface area contributed by atoms with Gasteiger partial charge in [-0.25, -0.2) is 0 Å². The summed E-state index contributed by atoms with van der Waals surface area (Å²) in [6.07, 6.45) is -1.91. The molecule has 2 nitrogen and oxygen atoms in total. The zero-order valence-electron chi connectivity index (χ0n) is 4.26. The molecular formula is C4H5FO2S. The van der Waals surface area contributed by atoms with Gasteiger partial charge in [-0.05, 0) is 6.92 Å². The third-order valence-electron chi connectivity index (χ3n) is 0.860. The first-order valence-electron chi connectivity index (χ1n) is 2.21. The standard InChI is InChI=1S/C4H5FO2S/c1-2-3(5)7-4(8)6-2/h2-3H,1H3. The summed E-state index contributed by atoms with van der Waals surface area (Å²) in [4.78, 5) is 0. The first-order chi connectivity index (χ1) is 3.70. The van der Waals surface area contributed by atoms with E-state index in [4.69, 9.17) is 0 Å². The van der Waals surface area contributed by atoms with Crippen LogP contribution in [0.4, 0.5) is 4.39 Å². The van der Waals surface area contributed by atoms with E-state index in [1.807, 2.05) is 0 Å². The van der Waals surface area contributed by atoms with Crippen LogP contribution in [0.25, 0.3) is 0 Å². The summed E-state index contributed by atoms with van der Waals surface area (Å²) in [6.45, 7) is 1.56. The summed E-state index contributed by atoms with van der Waals surface area (Å²) in [5, 5.41) is -0.0926. The van der Waals surface area contributed by atoms with E-state index in [1.54, 1.807) is 6.92 Å². The number of hydrogen-bond donors (Lipinski definition) is 0. The molecule has 1 rings (SSSR count). The van der Waals surface area contributed by atoms with Crippen molar-refractivity contribution in [3.05, 3.63) is 0 Å². The summed E-state index contributed by atoms with van der Waals surface area (Å²) >= 11 is 4.39. The molecule has 8 heavy (non-hydrogen) atoms. The number of ether oxygens (including phenoxy) is 2. The average Bonchev–Trinajstić information content (AvgIpc) is 1.85. The maximum Gasteiger partial charge on any atom is 0.355 e. The maximum atomic E-state index is 12.1. The third kappa shape index (κ3) is 0.888.